The van der Waals surface area contributed by atoms with Gasteiger partial charge in [0.1, 0.15) is 30.5 Å². The smallest absolute Gasteiger partial charge is 0.194 e. The van der Waals surface area contributed by atoms with Crippen LogP contribution in [0.1, 0.15) is 10.4 Å². The molecule has 5 atom stereocenters. The highest BCUT2D eigenvalue weighted by Crippen LogP contribution is 2.23. The second-order valence-electron chi connectivity index (χ2n) is 4.48. The molecule has 1 aliphatic heterocycles. The number of carbonyl (C=O) groups is 1. The van der Waals surface area contributed by atoms with E-state index in [1.165, 1.54) is 0 Å². The zero-order chi connectivity index (χ0) is 14.0. The first kappa shape index (κ1) is 14.1. The molecule has 1 aromatic carbocycles. The van der Waals surface area contributed by atoms with Crippen LogP contribution in [0.25, 0.3) is 0 Å². The zero-order valence-corrected chi connectivity index (χ0v) is 10.1. The molecule has 1 saturated heterocycles. The van der Waals surface area contributed by atoms with Gasteiger partial charge in [0, 0.05) is 5.56 Å². The van der Waals surface area contributed by atoms with E-state index in [2.05, 4.69) is 0 Å². The molecule has 3 unspecified atom stereocenters. The third-order valence-electron chi connectivity index (χ3n) is 3.21. The van der Waals surface area contributed by atoms with Crippen LogP contribution in [-0.2, 0) is 4.74 Å². The van der Waals surface area contributed by atoms with Gasteiger partial charge in [-0.05, 0) is 0 Å². The molecule has 0 spiro atoms. The number of aliphatic hydroxyl groups is 4. The van der Waals surface area contributed by atoms with E-state index in [0.717, 1.165) is 0 Å². The van der Waals surface area contributed by atoms with Crippen LogP contribution in [0.3, 0.4) is 0 Å². The highest BCUT2D eigenvalue weighted by atomic mass is 16.5. The summed E-state index contributed by atoms with van der Waals surface area (Å²) in [5.74, 6) is -0.502. The van der Waals surface area contributed by atoms with Crippen molar-refractivity contribution < 1.29 is 30.0 Å². The molecule has 6 heteroatoms. The van der Waals surface area contributed by atoms with Gasteiger partial charge in [0.15, 0.2) is 5.78 Å². The summed E-state index contributed by atoms with van der Waals surface area (Å²) < 4.78 is 5.19. The number of benzene rings is 1. The fourth-order valence-electron chi connectivity index (χ4n) is 2.08. The molecule has 0 amide bonds. The van der Waals surface area contributed by atoms with Gasteiger partial charge in [0.2, 0.25) is 0 Å². The van der Waals surface area contributed by atoms with Crippen molar-refractivity contribution in [2.45, 2.75) is 30.5 Å². The minimum atomic E-state index is -1.54. The molecule has 1 heterocycles. The summed E-state index contributed by atoms with van der Waals surface area (Å²) in [7, 11) is 0. The maximum absolute atomic E-state index is 12.2. The van der Waals surface area contributed by atoms with E-state index >= 15 is 0 Å². The van der Waals surface area contributed by atoms with Crippen molar-refractivity contribution >= 4 is 5.78 Å². The normalized spacial score (nSPS) is 35.1. The average molecular weight is 268 g/mol. The number of carbonyl (C=O) groups excluding carboxylic acids is 1. The van der Waals surface area contributed by atoms with Crippen molar-refractivity contribution in [1.29, 1.82) is 0 Å². The summed E-state index contributed by atoms with van der Waals surface area (Å²) in [6.45, 7) is -0.552. The van der Waals surface area contributed by atoms with Crippen LogP contribution >= 0.6 is 0 Å². The highest BCUT2D eigenvalue weighted by molar-refractivity contribution is 6.00. The van der Waals surface area contributed by atoms with E-state index in [1.54, 1.807) is 30.3 Å². The van der Waals surface area contributed by atoms with Crippen molar-refractivity contribution in [3.05, 3.63) is 35.9 Å². The molecule has 0 aliphatic carbocycles. The van der Waals surface area contributed by atoms with Gasteiger partial charge in [-0.3, -0.25) is 4.79 Å². The van der Waals surface area contributed by atoms with Gasteiger partial charge in [-0.15, -0.1) is 0 Å². The van der Waals surface area contributed by atoms with E-state index in [4.69, 9.17) is 9.84 Å². The molecular formula is C13H16O6. The maximum atomic E-state index is 12.2. The van der Waals surface area contributed by atoms with Gasteiger partial charge in [-0.25, -0.2) is 0 Å². The van der Waals surface area contributed by atoms with Crippen LogP contribution in [0, 0.1) is 0 Å². The summed E-state index contributed by atoms with van der Waals surface area (Å²) in [4.78, 5) is 12.2. The van der Waals surface area contributed by atoms with Crippen LogP contribution in [0.2, 0.25) is 0 Å². The fourth-order valence-corrected chi connectivity index (χ4v) is 2.08. The summed E-state index contributed by atoms with van der Waals surface area (Å²) >= 11 is 0. The first-order valence-electron chi connectivity index (χ1n) is 5.96. The standard InChI is InChI=1S/C13H16O6/c14-6-8-10(16)11(17)12(18)13(19-8)9(15)7-4-2-1-3-5-7/h1-5,8,10-14,16-18H,6H2/t8?,10-,11?,12?,13-/m0/s1. The Kier molecular flexibility index (Phi) is 4.28. The second-order valence-corrected chi connectivity index (χ2v) is 4.48. The number of Topliss-reactive ketones (excluding diaryl/α,β-unsaturated/α-hetero) is 1. The summed E-state index contributed by atoms with van der Waals surface area (Å²) in [6, 6.07) is 8.19. The van der Waals surface area contributed by atoms with E-state index < -0.39 is 42.9 Å². The third-order valence-corrected chi connectivity index (χ3v) is 3.21. The van der Waals surface area contributed by atoms with Gasteiger partial charge in [0.05, 0.1) is 6.61 Å². The Morgan fingerprint density at radius 1 is 1.05 bits per heavy atom. The number of hydrogen-bond acceptors (Lipinski definition) is 6. The van der Waals surface area contributed by atoms with Crippen LogP contribution < -0.4 is 0 Å². The lowest BCUT2D eigenvalue weighted by Crippen LogP contribution is -2.60. The summed E-state index contributed by atoms with van der Waals surface area (Å²) in [5, 5.41) is 38.1. The Bertz CT molecular complexity index is 432. The van der Waals surface area contributed by atoms with Crippen LogP contribution in [-0.4, -0.2) is 63.3 Å². The molecule has 6 nitrogen and oxygen atoms in total. The SMILES string of the molecule is O=C(c1ccccc1)[C@@H]1OC(CO)[C@H](O)C(O)C1O. The molecule has 19 heavy (non-hydrogen) atoms. The quantitative estimate of drug-likeness (QED) is 0.508. The van der Waals surface area contributed by atoms with Gasteiger partial charge in [-0.2, -0.15) is 0 Å². The molecule has 0 aromatic heterocycles. The van der Waals surface area contributed by atoms with Crippen molar-refractivity contribution in [3.8, 4) is 0 Å². The highest BCUT2D eigenvalue weighted by Gasteiger charge is 2.46. The topological polar surface area (TPSA) is 107 Å². The Labute approximate surface area is 109 Å². The molecule has 104 valence electrons. The number of hydrogen-bond donors (Lipinski definition) is 4. The van der Waals surface area contributed by atoms with E-state index in [9.17, 15) is 20.1 Å². The minimum absolute atomic E-state index is 0.326. The lowest BCUT2D eigenvalue weighted by Gasteiger charge is -2.39. The van der Waals surface area contributed by atoms with Crippen molar-refractivity contribution in [3.63, 3.8) is 0 Å². The number of ketones is 1. The second kappa shape index (κ2) is 5.77. The molecule has 0 bridgehead atoms. The third kappa shape index (κ3) is 2.68. The summed E-state index contributed by atoms with van der Waals surface area (Å²) in [6.07, 6.45) is -6.91. The Morgan fingerprint density at radius 3 is 2.26 bits per heavy atom. The lowest BCUT2D eigenvalue weighted by molar-refractivity contribution is -0.215. The molecular weight excluding hydrogens is 252 g/mol. The predicted molar refractivity (Wildman–Crippen MR) is 64.5 cm³/mol. The molecule has 0 radical (unpaired) electrons. The van der Waals surface area contributed by atoms with E-state index in [-0.39, 0.29) is 0 Å². The molecule has 1 fully saturated rings. The zero-order valence-electron chi connectivity index (χ0n) is 10.1. The van der Waals surface area contributed by atoms with Crippen molar-refractivity contribution in [1.82, 2.24) is 0 Å². The fraction of sp³-hybridized carbons (Fsp3) is 0.462. The lowest BCUT2D eigenvalue weighted by atomic mass is 9.91. The van der Waals surface area contributed by atoms with Gasteiger partial charge in [-0.1, -0.05) is 30.3 Å². The first-order valence-corrected chi connectivity index (χ1v) is 5.96. The summed E-state index contributed by atoms with van der Waals surface area (Å²) in [5.41, 5.74) is 0.326. The van der Waals surface area contributed by atoms with E-state index in [0.29, 0.717) is 5.56 Å². The first-order chi connectivity index (χ1) is 9.06. The van der Waals surface area contributed by atoms with Gasteiger partial charge in [0.25, 0.3) is 0 Å². The largest absolute Gasteiger partial charge is 0.394 e. The van der Waals surface area contributed by atoms with Crippen molar-refractivity contribution in [2.24, 2.45) is 0 Å². The predicted octanol–water partition coefficient (Wildman–Crippen LogP) is -1.29. The molecule has 4 N–H and O–H groups in total. The van der Waals surface area contributed by atoms with Gasteiger partial charge < -0.3 is 25.2 Å². The number of aliphatic hydroxyl groups excluding tert-OH is 4. The van der Waals surface area contributed by atoms with E-state index in [1.807, 2.05) is 0 Å². The maximum Gasteiger partial charge on any atom is 0.194 e. The molecule has 2 rings (SSSR count). The van der Waals surface area contributed by atoms with Crippen LogP contribution in [0.4, 0.5) is 0 Å². The number of rotatable bonds is 3. The Balaban J connectivity index is 2.21. The molecule has 1 aromatic rings. The van der Waals surface area contributed by atoms with Crippen LogP contribution in [0.15, 0.2) is 30.3 Å². The van der Waals surface area contributed by atoms with Gasteiger partial charge >= 0.3 is 0 Å². The average Bonchev–Trinajstić information content (AvgIpc) is 2.45. The Hall–Kier alpha value is -1.31. The Morgan fingerprint density at radius 2 is 1.68 bits per heavy atom. The monoisotopic (exact) mass is 268 g/mol. The van der Waals surface area contributed by atoms with Crippen LogP contribution in [0.5, 0.6) is 0 Å². The van der Waals surface area contributed by atoms with Crippen molar-refractivity contribution in [2.75, 3.05) is 6.61 Å². The molecule has 1 aliphatic rings. The number of ether oxygens (including phenoxy) is 1. The molecule has 0 saturated carbocycles. The minimum Gasteiger partial charge on any atom is -0.394 e.